The first-order valence-electron chi connectivity index (χ1n) is 7.17. The summed E-state index contributed by atoms with van der Waals surface area (Å²) in [5.41, 5.74) is 0.988. The second-order valence-corrected chi connectivity index (χ2v) is 5.10. The number of nitrogens with zero attached hydrogens (tertiary/aromatic N) is 2. The van der Waals surface area contributed by atoms with E-state index < -0.39 is 6.10 Å². The lowest BCUT2D eigenvalue weighted by molar-refractivity contribution is -0.132. The van der Waals surface area contributed by atoms with E-state index in [2.05, 4.69) is 10.3 Å². The molecule has 112 valence electrons. The van der Waals surface area contributed by atoms with E-state index >= 15 is 0 Å². The minimum atomic E-state index is -0.977. The van der Waals surface area contributed by atoms with Crippen molar-refractivity contribution in [3.05, 3.63) is 48.5 Å². The normalized spacial score (nSPS) is 13.7. The summed E-state index contributed by atoms with van der Waals surface area (Å²) in [6, 6.07) is 9.79. The molecule has 0 fully saturated rings. The maximum absolute atomic E-state index is 11.9. The molecule has 1 amide bonds. The second kappa shape index (κ2) is 7.04. The summed E-state index contributed by atoms with van der Waals surface area (Å²) < 4.78 is 1.91. The van der Waals surface area contributed by atoms with Crippen LogP contribution in [0.25, 0.3) is 5.69 Å². The van der Waals surface area contributed by atoms with Gasteiger partial charge in [0, 0.05) is 18.1 Å². The van der Waals surface area contributed by atoms with Crippen molar-refractivity contribution < 1.29 is 9.90 Å². The van der Waals surface area contributed by atoms with Crippen LogP contribution in [-0.2, 0) is 11.3 Å². The monoisotopic (exact) mass is 287 g/mol. The third-order valence-electron chi connectivity index (χ3n) is 3.62. The topological polar surface area (TPSA) is 67.2 Å². The highest BCUT2D eigenvalue weighted by molar-refractivity contribution is 5.80. The summed E-state index contributed by atoms with van der Waals surface area (Å²) >= 11 is 0. The maximum atomic E-state index is 11.9. The summed E-state index contributed by atoms with van der Waals surface area (Å²) in [6.07, 6.45) is 3.32. The number of hydrogen-bond acceptors (Lipinski definition) is 3. The summed E-state index contributed by atoms with van der Waals surface area (Å²) in [5.74, 6) is 0.316. The molecule has 2 N–H and O–H groups in total. The number of para-hydroxylation sites is 1. The molecule has 0 unspecified atom stereocenters. The van der Waals surface area contributed by atoms with Crippen LogP contribution in [0.15, 0.2) is 42.7 Å². The van der Waals surface area contributed by atoms with Gasteiger partial charge in [-0.25, -0.2) is 4.98 Å². The van der Waals surface area contributed by atoms with E-state index in [0.29, 0.717) is 0 Å². The van der Waals surface area contributed by atoms with Crippen molar-refractivity contribution in [1.29, 1.82) is 0 Å². The number of amides is 1. The average Bonchev–Trinajstić information content (AvgIpc) is 3.00. The molecule has 1 heterocycles. The molecule has 2 aromatic rings. The Labute approximate surface area is 124 Å². The highest BCUT2D eigenvalue weighted by atomic mass is 16.3. The zero-order chi connectivity index (χ0) is 15.2. The Morgan fingerprint density at radius 2 is 2.10 bits per heavy atom. The van der Waals surface area contributed by atoms with Crippen LogP contribution in [0.2, 0.25) is 0 Å². The first-order chi connectivity index (χ1) is 10.1. The molecule has 0 spiro atoms. The lowest BCUT2D eigenvalue weighted by Crippen LogP contribution is -2.38. The molecule has 2 atom stereocenters. The van der Waals surface area contributed by atoms with E-state index in [-0.39, 0.29) is 18.4 Å². The van der Waals surface area contributed by atoms with Gasteiger partial charge in [-0.3, -0.25) is 4.79 Å². The van der Waals surface area contributed by atoms with E-state index in [4.69, 9.17) is 0 Å². The number of imidazole rings is 1. The SMILES string of the molecule is CC[C@H](C)[C@@H](O)C(=O)NCc1nccn1-c1ccccc1. The van der Waals surface area contributed by atoms with Crippen LogP contribution in [0.1, 0.15) is 26.1 Å². The van der Waals surface area contributed by atoms with E-state index in [1.165, 1.54) is 0 Å². The number of aliphatic hydroxyl groups excluding tert-OH is 1. The van der Waals surface area contributed by atoms with Crippen LogP contribution in [0.5, 0.6) is 0 Å². The van der Waals surface area contributed by atoms with Crippen molar-refractivity contribution in [1.82, 2.24) is 14.9 Å². The molecule has 0 saturated carbocycles. The van der Waals surface area contributed by atoms with Gasteiger partial charge in [0.1, 0.15) is 11.9 Å². The summed E-state index contributed by atoms with van der Waals surface area (Å²) in [7, 11) is 0. The van der Waals surface area contributed by atoms with Gasteiger partial charge in [-0.05, 0) is 18.1 Å². The highest BCUT2D eigenvalue weighted by Gasteiger charge is 2.21. The third-order valence-corrected chi connectivity index (χ3v) is 3.62. The van der Waals surface area contributed by atoms with Crippen LogP contribution < -0.4 is 5.32 Å². The molecule has 0 aliphatic carbocycles. The fourth-order valence-corrected chi connectivity index (χ4v) is 2.04. The molecule has 0 saturated heterocycles. The standard InChI is InChI=1S/C16H21N3O2/c1-3-12(2)15(20)16(21)18-11-14-17-9-10-19(14)13-7-5-4-6-8-13/h4-10,12,15,20H,3,11H2,1-2H3,(H,18,21)/t12-,15+/m0/s1. The van der Waals surface area contributed by atoms with Crippen molar-refractivity contribution in [3.63, 3.8) is 0 Å². The molecule has 5 heteroatoms. The van der Waals surface area contributed by atoms with Crippen molar-refractivity contribution in [3.8, 4) is 5.69 Å². The molecule has 5 nitrogen and oxygen atoms in total. The zero-order valence-corrected chi connectivity index (χ0v) is 12.4. The first kappa shape index (κ1) is 15.3. The number of carbonyl (C=O) groups is 1. The third kappa shape index (κ3) is 3.70. The Morgan fingerprint density at radius 1 is 1.38 bits per heavy atom. The minimum absolute atomic E-state index is 0.0566. The van der Waals surface area contributed by atoms with Gasteiger partial charge in [-0.1, -0.05) is 38.5 Å². The summed E-state index contributed by atoms with van der Waals surface area (Å²) in [6.45, 7) is 4.09. The number of aliphatic hydroxyl groups is 1. The smallest absolute Gasteiger partial charge is 0.249 e. The summed E-state index contributed by atoms with van der Waals surface area (Å²) in [4.78, 5) is 16.1. The molecule has 0 aliphatic heterocycles. The van der Waals surface area contributed by atoms with E-state index in [0.717, 1.165) is 17.9 Å². The van der Waals surface area contributed by atoms with Crippen LogP contribution >= 0.6 is 0 Å². The van der Waals surface area contributed by atoms with Crippen molar-refractivity contribution >= 4 is 5.91 Å². The molecule has 21 heavy (non-hydrogen) atoms. The Morgan fingerprint density at radius 3 is 2.76 bits per heavy atom. The Hall–Kier alpha value is -2.14. The lowest BCUT2D eigenvalue weighted by Gasteiger charge is -2.16. The molecule has 0 bridgehead atoms. The minimum Gasteiger partial charge on any atom is -0.383 e. The van der Waals surface area contributed by atoms with E-state index in [1.54, 1.807) is 6.20 Å². The van der Waals surface area contributed by atoms with Gasteiger partial charge in [0.2, 0.25) is 5.91 Å². The van der Waals surface area contributed by atoms with Gasteiger partial charge >= 0.3 is 0 Å². The lowest BCUT2D eigenvalue weighted by atomic mass is 10.0. The second-order valence-electron chi connectivity index (χ2n) is 5.10. The largest absolute Gasteiger partial charge is 0.383 e. The van der Waals surface area contributed by atoms with Crippen molar-refractivity contribution in [2.24, 2.45) is 5.92 Å². The quantitative estimate of drug-likeness (QED) is 0.852. The van der Waals surface area contributed by atoms with Gasteiger partial charge < -0.3 is 15.0 Å². The van der Waals surface area contributed by atoms with Gasteiger partial charge in [-0.15, -0.1) is 0 Å². The van der Waals surface area contributed by atoms with Crippen LogP contribution in [0, 0.1) is 5.92 Å². The average molecular weight is 287 g/mol. The fraction of sp³-hybridized carbons (Fsp3) is 0.375. The first-order valence-corrected chi connectivity index (χ1v) is 7.17. The van der Waals surface area contributed by atoms with Crippen LogP contribution in [-0.4, -0.2) is 26.7 Å². The Bertz CT molecular complexity index is 580. The Balaban J connectivity index is 2.02. The van der Waals surface area contributed by atoms with Crippen LogP contribution in [0.3, 0.4) is 0 Å². The number of benzene rings is 1. The van der Waals surface area contributed by atoms with Gasteiger partial charge in [0.05, 0.1) is 6.54 Å². The number of nitrogens with one attached hydrogen (secondary N) is 1. The van der Waals surface area contributed by atoms with E-state index in [1.807, 2.05) is 54.9 Å². The zero-order valence-electron chi connectivity index (χ0n) is 12.4. The van der Waals surface area contributed by atoms with E-state index in [9.17, 15) is 9.90 Å². The van der Waals surface area contributed by atoms with Crippen molar-refractivity contribution in [2.45, 2.75) is 32.9 Å². The van der Waals surface area contributed by atoms with Crippen molar-refractivity contribution in [2.75, 3.05) is 0 Å². The molecular formula is C16H21N3O2. The van der Waals surface area contributed by atoms with Crippen LogP contribution in [0.4, 0.5) is 0 Å². The number of hydrogen-bond donors (Lipinski definition) is 2. The number of carbonyl (C=O) groups excluding carboxylic acids is 1. The molecule has 0 aliphatic rings. The Kier molecular flexibility index (Phi) is 5.11. The molecule has 0 radical (unpaired) electrons. The summed E-state index contributed by atoms with van der Waals surface area (Å²) in [5, 5.41) is 12.6. The van der Waals surface area contributed by atoms with Gasteiger partial charge in [0.15, 0.2) is 0 Å². The molecular weight excluding hydrogens is 266 g/mol. The molecule has 2 rings (SSSR count). The van der Waals surface area contributed by atoms with Gasteiger partial charge in [0.25, 0.3) is 0 Å². The predicted molar refractivity (Wildman–Crippen MR) is 80.9 cm³/mol. The highest BCUT2D eigenvalue weighted by Crippen LogP contribution is 2.11. The molecule has 1 aromatic carbocycles. The van der Waals surface area contributed by atoms with Gasteiger partial charge in [-0.2, -0.15) is 0 Å². The number of aromatic nitrogens is 2. The number of rotatable bonds is 6. The fourth-order valence-electron chi connectivity index (χ4n) is 2.04. The maximum Gasteiger partial charge on any atom is 0.249 e. The predicted octanol–water partition coefficient (Wildman–Crippen LogP) is 1.90. The molecule has 1 aromatic heterocycles.